The summed E-state index contributed by atoms with van der Waals surface area (Å²) in [6.07, 6.45) is -0.447. The lowest BCUT2D eigenvalue weighted by Gasteiger charge is -2.13. The van der Waals surface area contributed by atoms with E-state index in [1.165, 1.54) is 32.4 Å². The van der Waals surface area contributed by atoms with Crippen LogP contribution in [0.5, 0.6) is 0 Å². The highest BCUT2D eigenvalue weighted by molar-refractivity contribution is 8.13. The van der Waals surface area contributed by atoms with Crippen LogP contribution < -0.4 is 0 Å². The smallest absolute Gasteiger partial charge is 0.338 e. The van der Waals surface area contributed by atoms with Crippen LogP contribution in [0.4, 0.5) is 0 Å². The maximum absolute atomic E-state index is 11.9. The average molecular weight is 337 g/mol. The number of halogens is 1. The number of ether oxygens (including phenoxy) is 3. The van der Waals surface area contributed by atoms with Crippen molar-refractivity contribution in [1.29, 1.82) is 0 Å². The van der Waals surface area contributed by atoms with E-state index in [4.69, 9.17) is 24.9 Å². The van der Waals surface area contributed by atoms with Gasteiger partial charge in [-0.2, -0.15) is 0 Å². The number of esters is 1. The van der Waals surface area contributed by atoms with E-state index in [-0.39, 0.29) is 23.7 Å². The third-order valence-corrected chi connectivity index (χ3v) is 3.98. The number of benzene rings is 1. The molecule has 0 aliphatic carbocycles. The van der Waals surface area contributed by atoms with Crippen molar-refractivity contribution in [3.8, 4) is 0 Å². The van der Waals surface area contributed by atoms with Crippen LogP contribution in [0.3, 0.4) is 0 Å². The van der Waals surface area contributed by atoms with Gasteiger partial charge in [-0.3, -0.25) is 0 Å². The highest BCUT2D eigenvalue weighted by atomic mass is 35.7. The van der Waals surface area contributed by atoms with Crippen molar-refractivity contribution >= 4 is 25.7 Å². The van der Waals surface area contributed by atoms with Gasteiger partial charge >= 0.3 is 5.97 Å². The molecule has 1 aromatic carbocycles. The number of rotatable bonds is 7. The summed E-state index contributed by atoms with van der Waals surface area (Å²) in [5.74, 6) is -0.648. The van der Waals surface area contributed by atoms with Crippen LogP contribution in [0.15, 0.2) is 23.1 Å². The second-order valence-electron chi connectivity index (χ2n) is 4.36. The molecule has 1 rings (SSSR count). The molecule has 0 heterocycles. The Bertz CT molecular complexity index is 599. The summed E-state index contributed by atoms with van der Waals surface area (Å²) in [5.41, 5.74) is 0.464. The maximum atomic E-state index is 11.9. The molecule has 0 spiro atoms. The molecular weight excluding hydrogens is 320 g/mol. The highest BCUT2D eigenvalue weighted by Gasteiger charge is 2.20. The van der Waals surface area contributed by atoms with Crippen LogP contribution in [0.25, 0.3) is 0 Å². The minimum atomic E-state index is -3.99. The van der Waals surface area contributed by atoms with Crippen molar-refractivity contribution in [3.63, 3.8) is 0 Å². The quantitative estimate of drug-likeness (QED) is 0.559. The first kappa shape index (κ1) is 17.9. The van der Waals surface area contributed by atoms with Gasteiger partial charge in [0.05, 0.1) is 23.7 Å². The molecule has 0 saturated heterocycles. The molecule has 0 aromatic heterocycles. The number of carbonyl (C=O) groups is 1. The zero-order valence-corrected chi connectivity index (χ0v) is 13.5. The Labute approximate surface area is 128 Å². The Kier molecular flexibility index (Phi) is 6.60. The van der Waals surface area contributed by atoms with Gasteiger partial charge in [0.25, 0.3) is 9.05 Å². The van der Waals surface area contributed by atoms with Gasteiger partial charge in [-0.05, 0) is 24.6 Å². The van der Waals surface area contributed by atoms with Gasteiger partial charge in [-0.15, -0.1) is 0 Å². The zero-order valence-electron chi connectivity index (χ0n) is 12.0. The topological polar surface area (TPSA) is 78.9 Å². The summed E-state index contributed by atoms with van der Waals surface area (Å²) < 4.78 is 38.0. The molecule has 1 aromatic rings. The van der Waals surface area contributed by atoms with Gasteiger partial charge in [-0.1, -0.05) is 6.07 Å². The third kappa shape index (κ3) is 5.28. The van der Waals surface area contributed by atoms with E-state index in [2.05, 4.69) is 0 Å². The summed E-state index contributed by atoms with van der Waals surface area (Å²) in [7, 11) is 4.30. The van der Waals surface area contributed by atoms with E-state index < -0.39 is 21.1 Å². The lowest BCUT2D eigenvalue weighted by Crippen LogP contribution is -2.20. The second kappa shape index (κ2) is 7.74. The summed E-state index contributed by atoms with van der Waals surface area (Å²) >= 11 is 0. The molecular formula is C13H17ClO6S. The van der Waals surface area contributed by atoms with Gasteiger partial charge in [0.2, 0.25) is 0 Å². The molecule has 0 aliphatic rings. The van der Waals surface area contributed by atoms with E-state index >= 15 is 0 Å². The first-order valence-electron chi connectivity index (χ1n) is 6.06. The largest absolute Gasteiger partial charge is 0.457 e. The summed E-state index contributed by atoms with van der Waals surface area (Å²) in [6, 6.07) is 4.11. The predicted octanol–water partition coefficient (Wildman–Crippen LogP) is 1.95. The van der Waals surface area contributed by atoms with Crippen molar-refractivity contribution in [3.05, 3.63) is 29.3 Å². The predicted molar refractivity (Wildman–Crippen MR) is 76.9 cm³/mol. The Balaban J connectivity index is 3.08. The number of hydrogen-bond acceptors (Lipinski definition) is 6. The third-order valence-electron chi connectivity index (χ3n) is 2.57. The van der Waals surface area contributed by atoms with Crippen molar-refractivity contribution in [2.45, 2.75) is 24.5 Å². The van der Waals surface area contributed by atoms with Crippen molar-refractivity contribution in [1.82, 2.24) is 0 Å². The number of carbonyl (C=O) groups excluding carboxylic acids is 1. The summed E-state index contributed by atoms with van der Waals surface area (Å²) in [6.45, 7) is 1.98. The Hall–Kier alpha value is -1.15. The van der Waals surface area contributed by atoms with Gasteiger partial charge < -0.3 is 14.2 Å². The molecule has 0 bridgehead atoms. The van der Waals surface area contributed by atoms with Crippen LogP contribution in [-0.2, 0) is 29.9 Å². The van der Waals surface area contributed by atoms with E-state index in [9.17, 15) is 13.2 Å². The molecule has 1 atom stereocenters. The molecule has 118 valence electrons. The average Bonchev–Trinajstić information content (AvgIpc) is 2.38. The molecule has 6 nitrogen and oxygen atoms in total. The molecule has 21 heavy (non-hydrogen) atoms. The fourth-order valence-electron chi connectivity index (χ4n) is 1.70. The minimum Gasteiger partial charge on any atom is -0.457 e. The van der Waals surface area contributed by atoms with E-state index in [1.807, 2.05) is 0 Å². The van der Waals surface area contributed by atoms with Crippen LogP contribution in [-0.4, -0.2) is 41.3 Å². The zero-order chi connectivity index (χ0) is 16.0. The normalized spacial score (nSPS) is 13.0. The first-order valence-corrected chi connectivity index (χ1v) is 8.37. The fourth-order valence-corrected chi connectivity index (χ4v) is 2.84. The standard InChI is InChI=1S/C13H17ClO6S/c1-9(7-18-2)20-13(15)10-4-5-11(8-19-3)12(6-10)21(14,16)17/h4-6,9H,7-8H2,1-3H3. The van der Waals surface area contributed by atoms with E-state index in [0.29, 0.717) is 5.56 Å². The summed E-state index contributed by atoms with van der Waals surface area (Å²) in [5, 5.41) is 0. The van der Waals surface area contributed by atoms with Crippen LogP contribution in [0.2, 0.25) is 0 Å². The maximum Gasteiger partial charge on any atom is 0.338 e. The molecule has 8 heteroatoms. The monoisotopic (exact) mass is 336 g/mol. The molecule has 0 fully saturated rings. The Morgan fingerprint density at radius 3 is 2.48 bits per heavy atom. The molecule has 0 radical (unpaired) electrons. The van der Waals surface area contributed by atoms with Crippen LogP contribution in [0.1, 0.15) is 22.8 Å². The lowest BCUT2D eigenvalue weighted by molar-refractivity contribution is 0.0120. The molecule has 1 unspecified atom stereocenters. The lowest BCUT2D eigenvalue weighted by atomic mass is 10.1. The Morgan fingerprint density at radius 1 is 1.29 bits per heavy atom. The number of hydrogen-bond donors (Lipinski definition) is 0. The molecule has 0 N–H and O–H groups in total. The van der Waals surface area contributed by atoms with Gasteiger partial charge in [0, 0.05) is 24.9 Å². The number of methoxy groups -OCH3 is 2. The van der Waals surface area contributed by atoms with Crippen molar-refractivity contribution < 1.29 is 27.4 Å². The van der Waals surface area contributed by atoms with E-state index in [0.717, 1.165) is 0 Å². The Morgan fingerprint density at radius 2 is 1.95 bits per heavy atom. The molecule has 0 saturated carbocycles. The molecule has 0 amide bonds. The molecule has 0 aliphatic heterocycles. The highest BCUT2D eigenvalue weighted by Crippen LogP contribution is 2.23. The minimum absolute atomic E-state index is 0.0662. The fraction of sp³-hybridized carbons (Fsp3) is 0.462. The van der Waals surface area contributed by atoms with Crippen LogP contribution in [0, 0.1) is 0 Å². The van der Waals surface area contributed by atoms with Gasteiger partial charge in [0.15, 0.2) is 0 Å². The summed E-state index contributed by atoms with van der Waals surface area (Å²) in [4.78, 5) is 11.8. The van der Waals surface area contributed by atoms with Gasteiger partial charge in [0.1, 0.15) is 6.10 Å². The van der Waals surface area contributed by atoms with Crippen molar-refractivity contribution in [2.75, 3.05) is 20.8 Å². The van der Waals surface area contributed by atoms with Crippen molar-refractivity contribution in [2.24, 2.45) is 0 Å². The first-order chi connectivity index (χ1) is 9.79. The van der Waals surface area contributed by atoms with Crippen LogP contribution >= 0.6 is 10.7 Å². The SMILES string of the molecule is COCc1ccc(C(=O)OC(C)COC)cc1S(=O)(=O)Cl. The van der Waals surface area contributed by atoms with Gasteiger partial charge in [-0.25, -0.2) is 13.2 Å². The second-order valence-corrected chi connectivity index (χ2v) is 6.90. The van der Waals surface area contributed by atoms with E-state index in [1.54, 1.807) is 6.92 Å².